The molecule has 2 N–H and O–H groups in total. The summed E-state index contributed by atoms with van der Waals surface area (Å²) in [5.41, 5.74) is 0.217. The van der Waals surface area contributed by atoms with Gasteiger partial charge < -0.3 is 15.4 Å². The van der Waals surface area contributed by atoms with Crippen molar-refractivity contribution in [2.75, 3.05) is 26.3 Å². The van der Waals surface area contributed by atoms with E-state index in [1.165, 1.54) is 12.8 Å². The van der Waals surface area contributed by atoms with Gasteiger partial charge in [-0.25, -0.2) is 0 Å². The van der Waals surface area contributed by atoms with Gasteiger partial charge in [-0.2, -0.15) is 0 Å². The number of hydrogen-bond donors (Lipinski definition) is 2. The molecule has 1 fully saturated rings. The van der Waals surface area contributed by atoms with Crippen LogP contribution in [-0.2, 0) is 4.74 Å². The number of ether oxygens (including phenoxy) is 1. The fourth-order valence-electron chi connectivity index (χ4n) is 1.85. The van der Waals surface area contributed by atoms with Crippen LogP contribution >= 0.6 is 0 Å². The lowest BCUT2D eigenvalue weighted by Gasteiger charge is -2.27. The maximum absolute atomic E-state index is 5.36. The van der Waals surface area contributed by atoms with Gasteiger partial charge >= 0.3 is 0 Å². The van der Waals surface area contributed by atoms with Crippen LogP contribution in [0.15, 0.2) is 0 Å². The topological polar surface area (TPSA) is 33.3 Å². The Labute approximate surface area is 100 Å². The van der Waals surface area contributed by atoms with Gasteiger partial charge in [0.1, 0.15) is 0 Å². The Hall–Kier alpha value is -0.120. The van der Waals surface area contributed by atoms with Crippen molar-refractivity contribution in [2.45, 2.75) is 52.1 Å². The van der Waals surface area contributed by atoms with E-state index in [-0.39, 0.29) is 5.54 Å². The Morgan fingerprint density at radius 1 is 1.25 bits per heavy atom. The third-order valence-corrected chi connectivity index (χ3v) is 3.03. The molecule has 0 aromatic rings. The molecule has 0 aromatic heterocycles. The second-order valence-corrected chi connectivity index (χ2v) is 6.00. The first-order valence-electron chi connectivity index (χ1n) is 6.53. The summed E-state index contributed by atoms with van der Waals surface area (Å²) in [7, 11) is 0. The molecular weight excluding hydrogens is 200 g/mol. The molecule has 0 bridgehead atoms. The molecule has 1 heterocycles. The van der Waals surface area contributed by atoms with Crippen molar-refractivity contribution >= 4 is 0 Å². The highest BCUT2D eigenvalue weighted by molar-refractivity contribution is 4.75. The zero-order chi connectivity index (χ0) is 12.0. The maximum atomic E-state index is 5.36. The van der Waals surface area contributed by atoms with E-state index in [9.17, 15) is 0 Å². The lowest BCUT2D eigenvalue weighted by Crippen LogP contribution is -2.45. The van der Waals surface area contributed by atoms with E-state index >= 15 is 0 Å². The largest absolute Gasteiger partial charge is 0.381 e. The van der Waals surface area contributed by atoms with Crippen LogP contribution in [-0.4, -0.2) is 37.9 Å². The second-order valence-electron chi connectivity index (χ2n) is 6.00. The van der Waals surface area contributed by atoms with Crippen molar-refractivity contribution in [3.05, 3.63) is 0 Å². The molecule has 1 unspecified atom stereocenters. The Bertz CT molecular complexity index is 183. The molecule has 1 rings (SSSR count). The van der Waals surface area contributed by atoms with Crippen molar-refractivity contribution in [1.82, 2.24) is 10.6 Å². The van der Waals surface area contributed by atoms with Crippen molar-refractivity contribution in [3.8, 4) is 0 Å². The SMILES string of the molecule is CC(CNC(C)(C)C)NCC1CCOCC1. The summed E-state index contributed by atoms with van der Waals surface area (Å²) in [5, 5.41) is 7.13. The quantitative estimate of drug-likeness (QED) is 0.752. The van der Waals surface area contributed by atoms with Crippen LogP contribution in [0, 0.1) is 5.92 Å². The Balaban J connectivity index is 2.07. The predicted molar refractivity (Wildman–Crippen MR) is 68.8 cm³/mol. The van der Waals surface area contributed by atoms with Crippen LogP contribution < -0.4 is 10.6 Å². The Kier molecular flexibility index (Phi) is 5.73. The fraction of sp³-hybridized carbons (Fsp3) is 1.00. The molecule has 96 valence electrons. The van der Waals surface area contributed by atoms with Crippen molar-refractivity contribution in [1.29, 1.82) is 0 Å². The summed E-state index contributed by atoms with van der Waals surface area (Å²) < 4.78 is 5.36. The van der Waals surface area contributed by atoms with Crippen LogP contribution in [0.25, 0.3) is 0 Å². The van der Waals surface area contributed by atoms with Crippen LogP contribution in [0.3, 0.4) is 0 Å². The molecule has 0 aliphatic carbocycles. The molecule has 0 saturated carbocycles. The molecule has 0 radical (unpaired) electrons. The average Bonchev–Trinajstić information content (AvgIpc) is 2.24. The highest BCUT2D eigenvalue weighted by Crippen LogP contribution is 2.13. The van der Waals surface area contributed by atoms with Gasteiger partial charge in [0.15, 0.2) is 0 Å². The van der Waals surface area contributed by atoms with Crippen LogP contribution in [0.4, 0.5) is 0 Å². The van der Waals surface area contributed by atoms with Gasteiger partial charge in [0.05, 0.1) is 0 Å². The summed E-state index contributed by atoms with van der Waals surface area (Å²) >= 11 is 0. The van der Waals surface area contributed by atoms with Gasteiger partial charge in [-0.3, -0.25) is 0 Å². The first kappa shape index (κ1) is 13.9. The lowest BCUT2D eigenvalue weighted by atomic mass is 10.00. The number of rotatable bonds is 5. The molecule has 16 heavy (non-hydrogen) atoms. The van der Waals surface area contributed by atoms with Gasteiger partial charge in [0.25, 0.3) is 0 Å². The van der Waals surface area contributed by atoms with Crippen molar-refractivity contribution < 1.29 is 4.74 Å². The van der Waals surface area contributed by atoms with Gasteiger partial charge in [-0.1, -0.05) is 0 Å². The summed E-state index contributed by atoms with van der Waals surface area (Å²) in [6, 6.07) is 0.544. The zero-order valence-corrected chi connectivity index (χ0v) is 11.3. The smallest absolute Gasteiger partial charge is 0.0469 e. The first-order chi connectivity index (χ1) is 7.47. The van der Waals surface area contributed by atoms with E-state index in [2.05, 4.69) is 38.3 Å². The summed E-state index contributed by atoms with van der Waals surface area (Å²) in [4.78, 5) is 0. The molecule has 0 aromatic carbocycles. The van der Waals surface area contributed by atoms with Crippen LogP contribution in [0.1, 0.15) is 40.5 Å². The van der Waals surface area contributed by atoms with Crippen molar-refractivity contribution in [3.63, 3.8) is 0 Å². The normalized spacial score (nSPS) is 21.0. The van der Waals surface area contributed by atoms with Gasteiger partial charge in [0.2, 0.25) is 0 Å². The summed E-state index contributed by atoms with van der Waals surface area (Å²) in [5.74, 6) is 0.811. The zero-order valence-electron chi connectivity index (χ0n) is 11.3. The summed E-state index contributed by atoms with van der Waals surface area (Å²) in [6.07, 6.45) is 2.43. The third kappa shape index (κ3) is 6.46. The van der Waals surface area contributed by atoms with Crippen molar-refractivity contribution in [2.24, 2.45) is 5.92 Å². The van der Waals surface area contributed by atoms with E-state index in [1.54, 1.807) is 0 Å². The van der Waals surface area contributed by atoms with E-state index in [4.69, 9.17) is 4.74 Å². The van der Waals surface area contributed by atoms with Gasteiger partial charge in [-0.15, -0.1) is 0 Å². The first-order valence-corrected chi connectivity index (χ1v) is 6.53. The molecule has 0 spiro atoms. The standard InChI is InChI=1S/C13H28N2O/c1-11(9-15-13(2,3)4)14-10-12-5-7-16-8-6-12/h11-12,14-15H,5-10H2,1-4H3. The maximum Gasteiger partial charge on any atom is 0.0469 e. The highest BCUT2D eigenvalue weighted by Gasteiger charge is 2.15. The van der Waals surface area contributed by atoms with E-state index in [1.807, 2.05) is 0 Å². The Morgan fingerprint density at radius 3 is 2.44 bits per heavy atom. The minimum absolute atomic E-state index is 0.217. The predicted octanol–water partition coefficient (Wildman–Crippen LogP) is 1.78. The number of nitrogens with one attached hydrogen (secondary N) is 2. The minimum atomic E-state index is 0.217. The molecular formula is C13H28N2O. The fourth-order valence-corrected chi connectivity index (χ4v) is 1.85. The van der Waals surface area contributed by atoms with E-state index < -0.39 is 0 Å². The molecule has 1 aliphatic heterocycles. The monoisotopic (exact) mass is 228 g/mol. The van der Waals surface area contributed by atoms with Crippen LogP contribution in [0.5, 0.6) is 0 Å². The number of hydrogen-bond acceptors (Lipinski definition) is 3. The molecule has 1 saturated heterocycles. The molecule has 3 heteroatoms. The molecule has 1 aliphatic rings. The van der Waals surface area contributed by atoms with Gasteiger partial charge in [0, 0.05) is 31.3 Å². The van der Waals surface area contributed by atoms with Crippen LogP contribution in [0.2, 0.25) is 0 Å². The lowest BCUT2D eigenvalue weighted by molar-refractivity contribution is 0.0655. The summed E-state index contributed by atoms with van der Waals surface area (Å²) in [6.45, 7) is 12.9. The van der Waals surface area contributed by atoms with E-state index in [0.29, 0.717) is 6.04 Å². The van der Waals surface area contributed by atoms with Gasteiger partial charge in [-0.05, 0) is 53.0 Å². The molecule has 0 amide bonds. The van der Waals surface area contributed by atoms with E-state index in [0.717, 1.165) is 32.2 Å². The second kappa shape index (κ2) is 6.58. The Morgan fingerprint density at radius 2 is 1.88 bits per heavy atom. The minimum Gasteiger partial charge on any atom is -0.381 e. The highest BCUT2D eigenvalue weighted by atomic mass is 16.5. The molecule has 1 atom stereocenters. The average molecular weight is 228 g/mol. The third-order valence-electron chi connectivity index (χ3n) is 3.03. The molecule has 3 nitrogen and oxygen atoms in total.